The van der Waals surface area contributed by atoms with E-state index in [1.165, 1.54) is 36.4 Å². The summed E-state index contributed by atoms with van der Waals surface area (Å²) in [6.07, 6.45) is 1.14. The molecule has 2 aromatic carbocycles. The Hall–Kier alpha value is -3.37. The first-order chi connectivity index (χ1) is 11.9. The first-order valence-corrected chi connectivity index (χ1v) is 7.25. The van der Waals surface area contributed by atoms with Crippen molar-refractivity contribution in [3.05, 3.63) is 70.6 Å². The highest BCUT2D eigenvalue weighted by Gasteiger charge is 2.11. The minimum Gasteiger partial charge on any atom is -0.478 e. The van der Waals surface area contributed by atoms with Crippen LogP contribution in [-0.2, 0) is 4.79 Å². The highest BCUT2D eigenvalue weighted by Crippen LogP contribution is 2.19. The molecule has 0 heterocycles. The number of nitriles is 1. The number of nitrogens with one attached hydrogen (secondary N) is 2. The first-order valence-electron chi connectivity index (χ1n) is 6.87. The third-order valence-electron chi connectivity index (χ3n) is 3.04. The lowest BCUT2D eigenvalue weighted by Gasteiger charge is -2.06. The lowest BCUT2D eigenvalue weighted by molar-refractivity contribution is -0.112. The van der Waals surface area contributed by atoms with Crippen molar-refractivity contribution in [3.63, 3.8) is 0 Å². The van der Waals surface area contributed by atoms with Crippen molar-refractivity contribution >= 4 is 34.9 Å². The molecule has 0 spiro atoms. The van der Waals surface area contributed by atoms with E-state index in [1.54, 1.807) is 6.07 Å². The largest absolute Gasteiger partial charge is 0.478 e. The third kappa shape index (κ3) is 4.80. The zero-order chi connectivity index (χ0) is 18.4. The van der Waals surface area contributed by atoms with Crippen LogP contribution in [0.2, 0.25) is 5.02 Å². The number of carboxylic acid groups (broad SMARTS) is 1. The molecular weight excluding hydrogens is 349 g/mol. The Labute approximate surface area is 147 Å². The second-order valence-electron chi connectivity index (χ2n) is 4.78. The van der Waals surface area contributed by atoms with Crippen LogP contribution in [0.4, 0.5) is 15.8 Å². The number of carbonyl (C=O) groups is 2. The molecule has 25 heavy (non-hydrogen) atoms. The number of nitrogens with zero attached hydrogens (tertiary/aromatic N) is 1. The van der Waals surface area contributed by atoms with E-state index < -0.39 is 17.7 Å². The Balaban J connectivity index is 2.12. The number of halogens is 2. The van der Waals surface area contributed by atoms with Gasteiger partial charge in [0.15, 0.2) is 0 Å². The summed E-state index contributed by atoms with van der Waals surface area (Å²) < 4.78 is 13.1. The predicted molar refractivity (Wildman–Crippen MR) is 90.8 cm³/mol. The van der Waals surface area contributed by atoms with Crippen LogP contribution in [0, 0.1) is 17.1 Å². The van der Waals surface area contributed by atoms with Gasteiger partial charge in [0.25, 0.3) is 5.91 Å². The van der Waals surface area contributed by atoms with Crippen LogP contribution < -0.4 is 10.6 Å². The van der Waals surface area contributed by atoms with Crippen LogP contribution in [0.15, 0.2) is 54.2 Å². The standard InChI is InChI=1S/C17H11ClFN3O3/c18-14-7-12(4-5-15(14)19)21-9-11(8-20)16(23)22-13-3-1-2-10(6-13)17(24)25/h1-7,9,21H,(H,22,23)(H,24,25)/b11-9-. The Morgan fingerprint density at radius 2 is 1.96 bits per heavy atom. The number of anilines is 2. The van der Waals surface area contributed by atoms with Crippen molar-refractivity contribution < 1.29 is 19.1 Å². The van der Waals surface area contributed by atoms with Gasteiger partial charge in [-0.3, -0.25) is 4.79 Å². The monoisotopic (exact) mass is 359 g/mol. The summed E-state index contributed by atoms with van der Waals surface area (Å²) in [5.41, 5.74) is 0.358. The van der Waals surface area contributed by atoms with Crippen LogP contribution in [0.1, 0.15) is 10.4 Å². The Bertz CT molecular complexity index is 906. The molecule has 0 fully saturated rings. The van der Waals surface area contributed by atoms with Crippen molar-refractivity contribution in [2.45, 2.75) is 0 Å². The zero-order valence-electron chi connectivity index (χ0n) is 12.6. The van der Waals surface area contributed by atoms with Crippen molar-refractivity contribution in [1.29, 1.82) is 5.26 Å². The maximum Gasteiger partial charge on any atom is 0.335 e. The molecule has 0 atom stereocenters. The maximum atomic E-state index is 13.1. The number of amides is 1. The minimum atomic E-state index is -1.14. The second-order valence-corrected chi connectivity index (χ2v) is 5.19. The molecule has 0 saturated carbocycles. The number of carboxylic acids is 1. The van der Waals surface area contributed by atoms with Gasteiger partial charge < -0.3 is 15.7 Å². The molecule has 0 saturated heterocycles. The van der Waals surface area contributed by atoms with Gasteiger partial charge >= 0.3 is 5.97 Å². The Morgan fingerprint density at radius 1 is 1.20 bits per heavy atom. The van der Waals surface area contributed by atoms with E-state index in [1.807, 2.05) is 0 Å². The molecule has 8 heteroatoms. The third-order valence-corrected chi connectivity index (χ3v) is 3.32. The molecule has 0 aromatic heterocycles. The van der Waals surface area contributed by atoms with Gasteiger partial charge in [-0.05, 0) is 36.4 Å². The van der Waals surface area contributed by atoms with E-state index in [9.17, 15) is 14.0 Å². The first kappa shape index (κ1) is 18.0. The SMILES string of the molecule is N#C/C(=C/Nc1ccc(F)c(Cl)c1)C(=O)Nc1cccc(C(=O)O)c1. The summed E-state index contributed by atoms with van der Waals surface area (Å²) in [7, 11) is 0. The smallest absolute Gasteiger partial charge is 0.335 e. The van der Waals surface area contributed by atoms with E-state index in [0.29, 0.717) is 5.69 Å². The molecule has 0 aliphatic carbocycles. The number of rotatable bonds is 5. The minimum absolute atomic E-state index is 0.000587. The van der Waals surface area contributed by atoms with Gasteiger partial charge in [-0.1, -0.05) is 17.7 Å². The molecule has 2 aromatic rings. The number of aromatic carboxylic acids is 1. The number of benzene rings is 2. The van der Waals surface area contributed by atoms with Crippen LogP contribution in [0.3, 0.4) is 0 Å². The van der Waals surface area contributed by atoms with Crippen molar-refractivity contribution in [2.75, 3.05) is 10.6 Å². The molecule has 0 bridgehead atoms. The van der Waals surface area contributed by atoms with Crippen molar-refractivity contribution in [1.82, 2.24) is 0 Å². The number of hydrogen-bond acceptors (Lipinski definition) is 4. The Kier molecular flexibility index (Phi) is 5.71. The van der Waals surface area contributed by atoms with Crippen LogP contribution in [-0.4, -0.2) is 17.0 Å². The van der Waals surface area contributed by atoms with Gasteiger partial charge in [0.05, 0.1) is 10.6 Å². The van der Waals surface area contributed by atoms with Crippen LogP contribution in [0.5, 0.6) is 0 Å². The molecule has 1 amide bonds. The van der Waals surface area contributed by atoms with E-state index in [-0.39, 0.29) is 21.8 Å². The van der Waals surface area contributed by atoms with E-state index in [4.69, 9.17) is 22.0 Å². The maximum absolute atomic E-state index is 13.1. The molecule has 0 aliphatic rings. The number of carbonyl (C=O) groups excluding carboxylic acids is 1. The fourth-order valence-corrected chi connectivity index (χ4v) is 2.00. The summed E-state index contributed by atoms with van der Waals surface area (Å²) >= 11 is 5.65. The summed E-state index contributed by atoms with van der Waals surface area (Å²) in [5, 5.41) is 23.0. The molecule has 126 valence electrons. The second kappa shape index (κ2) is 7.95. The molecule has 0 unspecified atom stereocenters. The van der Waals surface area contributed by atoms with Gasteiger partial charge in [0, 0.05) is 17.6 Å². The predicted octanol–water partition coefficient (Wildman–Crippen LogP) is 3.64. The van der Waals surface area contributed by atoms with Gasteiger partial charge in [-0.25, -0.2) is 9.18 Å². The summed E-state index contributed by atoms with van der Waals surface area (Å²) in [5.74, 6) is -2.46. The highest BCUT2D eigenvalue weighted by molar-refractivity contribution is 6.31. The quantitative estimate of drug-likeness (QED) is 0.558. The summed E-state index contributed by atoms with van der Waals surface area (Å²) in [4.78, 5) is 23.0. The summed E-state index contributed by atoms with van der Waals surface area (Å²) in [6.45, 7) is 0. The van der Waals surface area contributed by atoms with E-state index in [0.717, 1.165) is 12.3 Å². The van der Waals surface area contributed by atoms with E-state index >= 15 is 0 Å². The topological polar surface area (TPSA) is 102 Å². The zero-order valence-corrected chi connectivity index (χ0v) is 13.3. The van der Waals surface area contributed by atoms with Gasteiger partial charge in [0.1, 0.15) is 17.5 Å². The number of hydrogen-bond donors (Lipinski definition) is 3. The van der Waals surface area contributed by atoms with Gasteiger partial charge in [-0.15, -0.1) is 0 Å². The molecular formula is C17H11ClFN3O3. The molecule has 0 aliphatic heterocycles. The average Bonchev–Trinajstić information content (AvgIpc) is 2.58. The summed E-state index contributed by atoms with van der Waals surface area (Å²) in [6, 6.07) is 11.2. The molecule has 2 rings (SSSR count). The average molecular weight is 360 g/mol. The van der Waals surface area contributed by atoms with Crippen LogP contribution in [0.25, 0.3) is 0 Å². The molecule has 0 radical (unpaired) electrons. The van der Waals surface area contributed by atoms with Crippen molar-refractivity contribution in [2.24, 2.45) is 0 Å². The normalized spacial score (nSPS) is 10.7. The lowest BCUT2D eigenvalue weighted by Crippen LogP contribution is -2.15. The fraction of sp³-hybridized carbons (Fsp3) is 0. The highest BCUT2D eigenvalue weighted by atomic mass is 35.5. The molecule has 3 N–H and O–H groups in total. The van der Waals surface area contributed by atoms with Gasteiger partial charge in [0.2, 0.25) is 0 Å². The van der Waals surface area contributed by atoms with Gasteiger partial charge in [-0.2, -0.15) is 5.26 Å². The molecule has 6 nitrogen and oxygen atoms in total. The Morgan fingerprint density at radius 3 is 2.60 bits per heavy atom. The van der Waals surface area contributed by atoms with Crippen LogP contribution >= 0.6 is 11.6 Å². The van der Waals surface area contributed by atoms with Crippen molar-refractivity contribution in [3.8, 4) is 6.07 Å². The fourth-order valence-electron chi connectivity index (χ4n) is 1.82. The van der Waals surface area contributed by atoms with E-state index in [2.05, 4.69) is 10.6 Å². The lowest BCUT2D eigenvalue weighted by atomic mass is 10.2.